The first-order valence-corrected chi connectivity index (χ1v) is 8.57. The quantitative estimate of drug-likeness (QED) is 0.796. The molecule has 5 heteroatoms. The highest BCUT2D eigenvalue weighted by Crippen LogP contribution is 2.55. The van der Waals surface area contributed by atoms with Crippen molar-refractivity contribution in [1.29, 1.82) is 15.8 Å². The van der Waals surface area contributed by atoms with Crippen LogP contribution in [0.1, 0.15) is 30.7 Å². The normalized spacial score (nSPS) is 24.8. The van der Waals surface area contributed by atoms with Crippen LogP contribution in [0.2, 0.25) is 0 Å². The lowest BCUT2D eigenvalue weighted by Gasteiger charge is -2.43. The fraction of sp³-hybridized carbons (Fsp3) is 0.316. The van der Waals surface area contributed by atoms with Gasteiger partial charge in [0.05, 0.1) is 23.4 Å². The second kappa shape index (κ2) is 6.16. The van der Waals surface area contributed by atoms with Crippen molar-refractivity contribution in [3.8, 4) is 18.2 Å². The standard InChI is InChI=1S/C19H15BrN4/c20-13-7-5-12(6-8-13)17-15-4-2-1-3-14(15)16(9-21)18(24)19(17,10-22)11-23/h3,5-8,15,17H,1-2,4,24H2/t15-,17-/m1/s1. The molecule has 1 aromatic rings. The molecule has 2 aliphatic carbocycles. The summed E-state index contributed by atoms with van der Waals surface area (Å²) in [6, 6.07) is 14.1. The zero-order valence-corrected chi connectivity index (χ0v) is 14.5. The van der Waals surface area contributed by atoms with Gasteiger partial charge in [-0.15, -0.1) is 0 Å². The lowest BCUT2D eigenvalue weighted by Crippen LogP contribution is -2.42. The van der Waals surface area contributed by atoms with E-state index in [9.17, 15) is 15.8 Å². The van der Waals surface area contributed by atoms with E-state index in [2.05, 4.69) is 34.1 Å². The first-order valence-electron chi connectivity index (χ1n) is 7.77. The molecule has 0 aliphatic heterocycles. The maximum absolute atomic E-state index is 9.88. The molecule has 3 rings (SSSR count). The topological polar surface area (TPSA) is 97.4 Å². The van der Waals surface area contributed by atoms with E-state index >= 15 is 0 Å². The Kier molecular flexibility index (Phi) is 4.18. The van der Waals surface area contributed by atoms with Crippen molar-refractivity contribution in [2.24, 2.45) is 17.1 Å². The first-order chi connectivity index (χ1) is 11.6. The Labute approximate surface area is 149 Å². The second-order valence-corrected chi connectivity index (χ2v) is 7.07. The molecular weight excluding hydrogens is 364 g/mol. The summed E-state index contributed by atoms with van der Waals surface area (Å²) >= 11 is 3.42. The summed E-state index contributed by atoms with van der Waals surface area (Å²) in [5.41, 5.74) is 6.91. The smallest absolute Gasteiger partial charge is 0.191 e. The van der Waals surface area contributed by atoms with Crippen molar-refractivity contribution >= 4 is 15.9 Å². The maximum atomic E-state index is 9.88. The molecule has 0 aromatic heterocycles. The van der Waals surface area contributed by atoms with E-state index in [1.165, 1.54) is 0 Å². The molecule has 0 heterocycles. The van der Waals surface area contributed by atoms with Crippen LogP contribution in [0.25, 0.3) is 0 Å². The number of nitriles is 3. The van der Waals surface area contributed by atoms with Crippen molar-refractivity contribution in [1.82, 2.24) is 0 Å². The van der Waals surface area contributed by atoms with Gasteiger partial charge < -0.3 is 5.73 Å². The van der Waals surface area contributed by atoms with Crippen LogP contribution >= 0.6 is 15.9 Å². The highest BCUT2D eigenvalue weighted by atomic mass is 79.9. The van der Waals surface area contributed by atoms with Gasteiger partial charge in [0.2, 0.25) is 0 Å². The number of benzene rings is 1. The zero-order chi connectivity index (χ0) is 17.3. The Morgan fingerprint density at radius 2 is 1.79 bits per heavy atom. The van der Waals surface area contributed by atoms with Gasteiger partial charge in [0, 0.05) is 10.4 Å². The van der Waals surface area contributed by atoms with E-state index in [4.69, 9.17) is 5.73 Å². The number of fused-ring (bicyclic) bond motifs is 1. The van der Waals surface area contributed by atoms with Crippen molar-refractivity contribution in [2.45, 2.75) is 25.2 Å². The molecule has 0 bridgehead atoms. The monoisotopic (exact) mass is 378 g/mol. The third-order valence-electron chi connectivity index (χ3n) is 5.03. The number of allylic oxidation sites excluding steroid dienone is 4. The average molecular weight is 379 g/mol. The maximum Gasteiger partial charge on any atom is 0.191 e. The number of nitrogens with zero attached hydrogens (tertiary/aromatic N) is 3. The Morgan fingerprint density at radius 3 is 2.38 bits per heavy atom. The fourth-order valence-corrected chi connectivity index (χ4v) is 4.18. The van der Waals surface area contributed by atoms with Gasteiger partial charge in [-0.1, -0.05) is 34.1 Å². The van der Waals surface area contributed by atoms with Crippen LogP contribution in [0.15, 0.2) is 51.7 Å². The van der Waals surface area contributed by atoms with E-state index in [0.29, 0.717) is 5.57 Å². The Hall–Kier alpha value is -2.55. The molecule has 4 nitrogen and oxygen atoms in total. The molecule has 2 atom stereocenters. The summed E-state index contributed by atoms with van der Waals surface area (Å²) in [6.07, 6.45) is 4.76. The van der Waals surface area contributed by atoms with Crippen LogP contribution in [0.3, 0.4) is 0 Å². The SMILES string of the molecule is N#CC1=C(N)C(C#N)(C#N)[C@H](c2ccc(Br)cc2)[C@@H]2CCCC=C12. The van der Waals surface area contributed by atoms with E-state index in [0.717, 1.165) is 34.9 Å². The summed E-state index contributed by atoms with van der Waals surface area (Å²) in [7, 11) is 0. The van der Waals surface area contributed by atoms with Crippen LogP contribution < -0.4 is 5.73 Å². The molecule has 0 radical (unpaired) electrons. The summed E-state index contributed by atoms with van der Waals surface area (Å²) in [5, 5.41) is 29.3. The average Bonchev–Trinajstić information content (AvgIpc) is 2.62. The molecule has 2 aliphatic rings. The molecule has 2 N–H and O–H groups in total. The third kappa shape index (κ3) is 2.23. The largest absolute Gasteiger partial charge is 0.399 e. The molecule has 1 aromatic carbocycles. The summed E-state index contributed by atoms with van der Waals surface area (Å²) in [6.45, 7) is 0. The van der Waals surface area contributed by atoms with E-state index in [1.807, 2.05) is 30.3 Å². The van der Waals surface area contributed by atoms with Crippen molar-refractivity contribution in [3.63, 3.8) is 0 Å². The molecule has 118 valence electrons. The minimum absolute atomic E-state index is 0.0406. The predicted molar refractivity (Wildman–Crippen MR) is 92.8 cm³/mol. The van der Waals surface area contributed by atoms with Gasteiger partial charge in [-0.05, 0) is 48.4 Å². The van der Waals surface area contributed by atoms with Crippen molar-refractivity contribution < 1.29 is 0 Å². The van der Waals surface area contributed by atoms with Gasteiger partial charge in [-0.25, -0.2) is 0 Å². The van der Waals surface area contributed by atoms with Crippen LogP contribution in [0.4, 0.5) is 0 Å². The molecule has 0 unspecified atom stereocenters. The summed E-state index contributed by atoms with van der Waals surface area (Å²) in [4.78, 5) is 0. The summed E-state index contributed by atoms with van der Waals surface area (Å²) in [5.74, 6) is -0.412. The lowest BCUT2D eigenvalue weighted by molar-refractivity contribution is 0.317. The third-order valence-corrected chi connectivity index (χ3v) is 5.56. The van der Waals surface area contributed by atoms with Crippen molar-refractivity contribution in [2.75, 3.05) is 0 Å². The molecular formula is C19H15BrN4. The minimum atomic E-state index is -1.52. The lowest BCUT2D eigenvalue weighted by atomic mass is 9.57. The van der Waals surface area contributed by atoms with E-state index < -0.39 is 5.41 Å². The molecule has 0 amide bonds. The Bertz CT molecular complexity index is 845. The number of halogens is 1. The highest BCUT2D eigenvalue weighted by molar-refractivity contribution is 9.10. The number of nitrogens with two attached hydrogens (primary N) is 1. The van der Waals surface area contributed by atoms with Gasteiger partial charge in [0.1, 0.15) is 6.07 Å². The molecule has 0 saturated heterocycles. The zero-order valence-electron chi connectivity index (χ0n) is 13.0. The van der Waals surface area contributed by atoms with E-state index in [-0.39, 0.29) is 17.5 Å². The van der Waals surface area contributed by atoms with E-state index in [1.54, 1.807) is 0 Å². The van der Waals surface area contributed by atoms with Gasteiger partial charge in [0.15, 0.2) is 5.41 Å². The number of hydrogen-bond donors (Lipinski definition) is 1. The minimum Gasteiger partial charge on any atom is -0.399 e. The first kappa shape index (κ1) is 16.3. The van der Waals surface area contributed by atoms with Gasteiger partial charge in [-0.3, -0.25) is 0 Å². The fourth-order valence-electron chi connectivity index (χ4n) is 3.92. The highest BCUT2D eigenvalue weighted by Gasteiger charge is 2.53. The van der Waals surface area contributed by atoms with Crippen LogP contribution in [0.5, 0.6) is 0 Å². The second-order valence-electron chi connectivity index (χ2n) is 6.16. The Morgan fingerprint density at radius 1 is 1.12 bits per heavy atom. The number of hydrogen-bond acceptors (Lipinski definition) is 4. The van der Waals surface area contributed by atoms with Crippen LogP contribution in [0, 0.1) is 45.3 Å². The predicted octanol–water partition coefficient (Wildman–Crippen LogP) is 4.04. The molecule has 0 saturated carbocycles. The molecule has 24 heavy (non-hydrogen) atoms. The van der Waals surface area contributed by atoms with Crippen LogP contribution in [-0.2, 0) is 0 Å². The van der Waals surface area contributed by atoms with Gasteiger partial charge in [-0.2, -0.15) is 15.8 Å². The summed E-state index contributed by atoms with van der Waals surface area (Å²) < 4.78 is 0.933. The van der Waals surface area contributed by atoms with Crippen LogP contribution in [-0.4, -0.2) is 0 Å². The molecule has 0 spiro atoms. The number of rotatable bonds is 1. The Balaban J connectivity index is 2.31. The van der Waals surface area contributed by atoms with Gasteiger partial charge in [0.25, 0.3) is 0 Å². The van der Waals surface area contributed by atoms with Gasteiger partial charge >= 0.3 is 0 Å². The molecule has 0 fully saturated rings. The van der Waals surface area contributed by atoms with Crippen molar-refractivity contribution in [3.05, 3.63) is 57.2 Å².